The molecule has 0 saturated carbocycles. The zero-order chi connectivity index (χ0) is 12.3. The summed E-state index contributed by atoms with van der Waals surface area (Å²) >= 11 is 0. The molecular formula is C8H5F4N3O. The third-order valence-electron chi connectivity index (χ3n) is 1.53. The molecule has 4 nitrogen and oxygen atoms in total. The highest BCUT2D eigenvalue weighted by Gasteiger charge is 2.33. The van der Waals surface area contributed by atoms with Crippen LogP contribution in [0.3, 0.4) is 0 Å². The molecule has 0 amide bonds. The minimum Gasteiger partial charge on any atom is -0.402 e. The van der Waals surface area contributed by atoms with E-state index < -0.39 is 30.2 Å². The van der Waals surface area contributed by atoms with Crippen molar-refractivity contribution in [3.8, 4) is 11.8 Å². The number of rotatable bonds is 2. The van der Waals surface area contributed by atoms with Gasteiger partial charge in [0.15, 0.2) is 5.75 Å². The van der Waals surface area contributed by atoms with Crippen molar-refractivity contribution < 1.29 is 22.3 Å². The summed E-state index contributed by atoms with van der Waals surface area (Å²) in [5.41, 5.74) is 3.77. The molecule has 16 heavy (non-hydrogen) atoms. The number of hydrogen-bond donors (Lipinski definition) is 1. The van der Waals surface area contributed by atoms with E-state index in [1.807, 2.05) is 0 Å². The largest absolute Gasteiger partial charge is 0.573 e. The van der Waals surface area contributed by atoms with Crippen molar-refractivity contribution in [1.82, 2.24) is 4.98 Å². The number of hydrogen-bond acceptors (Lipinski definition) is 4. The molecule has 0 aliphatic heterocycles. The Kier molecular flexibility index (Phi) is 3.17. The summed E-state index contributed by atoms with van der Waals surface area (Å²) in [5, 5.41) is 8.45. The number of nitriles is 1. The van der Waals surface area contributed by atoms with Crippen LogP contribution < -0.4 is 10.5 Å². The number of nitrogen functional groups attached to an aromatic ring is 1. The molecule has 0 saturated heterocycles. The summed E-state index contributed by atoms with van der Waals surface area (Å²) in [6.07, 6.45) is -4.99. The van der Waals surface area contributed by atoms with Crippen LogP contribution in [0.2, 0.25) is 0 Å². The standard InChI is InChI=1S/C8H5F4N3O/c9-2-6-7(16-8(10,11)12)5(14)1-4(3-13)15-6/h1H,2H2,(H2,14,15). The monoisotopic (exact) mass is 235 g/mol. The molecule has 0 unspecified atom stereocenters. The van der Waals surface area contributed by atoms with E-state index in [1.165, 1.54) is 6.07 Å². The first-order valence-corrected chi connectivity index (χ1v) is 3.88. The van der Waals surface area contributed by atoms with Crippen LogP contribution in [-0.4, -0.2) is 11.3 Å². The second kappa shape index (κ2) is 4.22. The molecule has 0 aliphatic rings. The summed E-state index contributed by atoms with van der Waals surface area (Å²) in [6, 6.07) is 2.41. The number of aromatic nitrogens is 1. The van der Waals surface area contributed by atoms with Gasteiger partial charge >= 0.3 is 6.36 Å². The Hall–Kier alpha value is -2.04. The smallest absolute Gasteiger partial charge is 0.402 e. The van der Waals surface area contributed by atoms with E-state index in [0.29, 0.717) is 0 Å². The van der Waals surface area contributed by atoms with E-state index in [4.69, 9.17) is 11.0 Å². The van der Waals surface area contributed by atoms with Crippen LogP contribution in [0.1, 0.15) is 11.4 Å². The second-order valence-electron chi connectivity index (χ2n) is 2.67. The third kappa shape index (κ3) is 2.73. The van der Waals surface area contributed by atoms with Crippen molar-refractivity contribution in [3.05, 3.63) is 17.5 Å². The molecule has 1 heterocycles. The summed E-state index contributed by atoms with van der Waals surface area (Å²) in [6.45, 7) is -1.31. The van der Waals surface area contributed by atoms with Crippen molar-refractivity contribution in [2.45, 2.75) is 13.0 Å². The van der Waals surface area contributed by atoms with E-state index in [9.17, 15) is 17.6 Å². The quantitative estimate of drug-likeness (QED) is 0.794. The van der Waals surface area contributed by atoms with Gasteiger partial charge in [0.2, 0.25) is 0 Å². The zero-order valence-corrected chi connectivity index (χ0v) is 7.68. The number of ether oxygens (including phenoxy) is 1. The van der Waals surface area contributed by atoms with E-state index in [2.05, 4.69) is 9.72 Å². The van der Waals surface area contributed by atoms with Gasteiger partial charge in [-0.3, -0.25) is 0 Å². The van der Waals surface area contributed by atoms with Gasteiger partial charge in [-0.25, -0.2) is 9.37 Å². The van der Waals surface area contributed by atoms with Gasteiger partial charge in [0.1, 0.15) is 24.1 Å². The van der Waals surface area contributed by atoms with Crippen LogP contribution in [0.5, 0.6) is 5.75 Å². The summed E-state index contributed by atoms with van der Waals surface area (Å²) in [4.78, 5) is 3.31. The maximum atomic E-state index is 12.4. The maximum absolute atomic E-state index is 12.4. The van der Waals surface area contributed by atoms with Gasteiger partial charge in [-0.1, -0.05) is 0 Å². The highest BCUT2D eigenvalue weighted by atomic mass is 19.4. The Labute approximate surface area is 87.3 Å². The van der Waals surface area contributed by atoms with Crippen LogP contribution in [0, 0.1) is 11.3 Å². The van der Waals surface area contributed by atoms with Crippen LogP contribution in [0.15, 0.2) is 6.07 Å². The lowest BCUT2D eigenvalue weighted by atomic mass is 10.2. The van der Waals surface area contributed by atoms with Crippen molar-refractivity contribution in [2.75, 3.05) is 5.73 Å². The van der Waals surface area contributed by atoms with E-state index >= 15 is 0 Å². The molecule has 2 N–H and O–H groups in total. The Morgan fingerprint density at radius 1 is 1.50 bits per heavy atom. The molecule has 86 valence electrons. The van der Waals surface area contributed by atoms with E-state index in [-0.39, 0.29) is 5.69 Å². The van der Waals surface area contributed by atoms with Gasteiger partial charge in [-0.2, -0.15) is 5.26 Å². The molecule has 0 aromatic carbocycles. The predicted molar refractivity (Wildman–Crippen MR) is 44.9 cm³/mol. The number of alkyl halides is 4. The third-order valence-corrected chi connectivity index (χ3v) is 1.53. The molecule has 0 fully saturated rings. The number of nitrogens with two attached hydrogens (primary N) is 1. The molecule has 1 aromatic heterocycles. The minimum absolute atomic E-state index is 0.278. The SMILES string of the molecule is N#Cc1cc(N)c(OC(F)(F)F)c(CF)n1. The fourth-order valence-corrected chi connectivity index (χ4v) is 0.989. The molecular weight excluding hydrogens is 230 g/mol. The van der Waals surface area contributed by atoms with Crippen molar-refractivity contribution in [2.24, 2.45) is 0 Å². The Morgan fingerprint density at radius 2 is 2.12 bits per heavy atom. The normalized spacial score (nSPS) is 10.9. The highest BCUT2D eigenvalue weighted by molar-refractivity contribution is 5.57. The van der Waals surface area contributed by atoms with E-state index in [0.717, 1.165) is 6.07 Å². The highest BCUT2D eigenvalue weighted by Crippen LogP contribution is 2.31. The fraction of sp³-hybridized carbons (Fsp3) is 0.250. The topological polar surface area (TPSA) is 71.9 Å². The lowest BCUT2D eigenvalue weighted by Gasteiger charge is -2.13. The first-order valence-electron chi connectivity index (χ1n) is 3.88. The summed E-state index contributed by atoms with van der Waals surface area (Å²) in [5.74, 6) is -0.908. The van der Waals surface area contributed by atoms with Crippen LogP contribution in [0.4, 0.5) is 23.2 Å². The number of halogens is 4. The molecule has 0 radical (unpaired) electrons. The van der Waals surface area contributed by atoms with Crippen molar-refractivity contribution in [1.29, 1.82) is 5.26 Å². The minimum atomic E-state index is -4.99. The van der Waals surface area contributed by atoms with Gasteiger partial charge in [0.25, 0.3) is 0 Å². The second-order valence-corrected chi connectivity index (χ2v) is 2.67. The average Bonchev–Trinajstić information content (AvgIpc) is 2.19. The first-order chi connectivity index (χ1) is 7.37. The fourth-order valence-electron chi connectivity index (χ4n) is 0.989. The van der Waals surface area contributed by atoms with Gasteiger partial charge in [-0.05, 0) is 0 Å². The first kappa shape index (κ1) is 12.0. The Balaban J connectivity index is 3.23. The van der Waals surface area contributed by atoms with Crippen LogP contribution >= 0.6 is 0 Å². The van der Waals surface area contributed by atoms with Gasteiger partial charge < -0.3 is 10.5 Å². The number of nitrogens with zero attached hydrogens (tertiary/aromatic N) is 2. The lowest BCUT2D eigenvalue weighted by molar-refractivity contribution is -0.274. The van der Waals surface area contributed by atoms with Gasteiger partial charge in [-0.15, -0.1) is 13.2 Å². The molecule has 0 spiro atoms. The number of pyridine rings is 1. The summed E-state index contributed by atoms with van der Waals surface area (Å²) < 4.78 is 51.7. The lowest BCUT2D eigenvalue weighted by Crippen LogP contribution is -2.19. The Bertz CT molecular complexity index is 438. The Morgan fingerprint density at radius 3 is 2.56 bits per heavy atom. The van der Waals surface area contributed by atoms with Crippen molar-refractivity contribution in [3.63, 3.8) is 0 Å². The maximum Gasteiger partial charge on any atom is 0.573 e. The molecule has 0 aliphatic carbocycles. The zero-order valence-electron chi connectivity index (χ0n) is 7.68. The summed E-state index contributed by atoms with van der Waals surface area (Å²) in [7, 11) is 0. The van der Waals surface area contributed by atoms with Crippen molar-refractivity contribution >= 4 is 5.69 Å². The molecule has 0 atom stereocenters. The van der Waals surface area contributed by atoms with Crippen LogP contribution in [-0.2, 0) is 6.67 Å². The molecule has 1 rings (SSSR count). The molecule has 8 heteroatoms. The predicted octanol–water partition coefficient (Wildman–Crippen LogP) is 1.90. The average molecular weight is 235 g/mol. The van der Waals surface area contributed by atoms with Gasteiger partial charge in [0, 0.05) is 6.07 Å². The molecule has 0 bridgehead atoms. The van der Waals surface area contributed by atoms with Crippen LogP contribution in [0.25, 0.3) is 0 Å². The van der Waals surface area contributed by atoms with E-state index in [1.54, 1.807) is 0 Å². The molecule has 1 aromatic rings. The van der Waals surface area contributed by atoms with Gasteiger partial charge in [0.05, 0.1) is 5.69 Å². The number of anilines is 1.